The summed E-state index contributed by atoms with van der Waals surface area (Å²) in [6.45, 7) is 13.5. The lowest BCUT2D eigenvalue weighted by atomic mass is 9.87. The Morgan fingerprint density at radius 2 is 1.50 bits per heavy atom. The summed E-state index contributed by atoms with van der Waals surface area (Å²) in [6.07, 6.45) is 10.0. The number of likely N-dealkylation sites (tertiary alicyclic amines) is 1. The molecule has 0 saturated carbocycles. The third kappa shape index (κ3) is 6.78. The van der Waals surface area contributed by atoms with E-state index < -0.39 is 0 Å². The van der Waals surface area contributed by atoms with Gasteiger partial charge in [-0.25, -0.2) is 0 Å². The highest BCUT2D eigenvalue weighted by molar-refractivity contribution is 4.74. The Hall–Kier alpha value is -0.0400. The first-order valence-corrected chi connectivity index (χ1v) is 8.32. The van der Waals surface area contributed by atoms with Gasteiger partial charge in [0.1, 0.15) is 0 Å². The Balaban J connectivity index is 1.95. The van der Waals surface area contributed by atoms with Crippen molar-refractivity contribution in [2.45, 2.75) is 72.6 Å². The van der Waals surface area contributed by atoms with Crippen molar-refractivity contribution >= 4 is 0 Å². The average Bonchev–Trinajstić information content (AvgIpc) is 2.34. The molecule has 0 aromatic heterocycles. The van der Waals surface area contributed by atoms with Crippen LogP contribution >= 0.6 is 0 Å². The monoisotopic (exact) mass is 253 g/mol. The van der Waals surface area contributed by atoms with E-state index in [0.29, 0.717) is 0 Å². The van der Waals surface area contributed by atoms with Crippen LogP contribution in [0.25, 0.3) is 0 Å². The molecular weight excluding hydrogens is 218 g/mol. The lowest BCUT2D eigenvalue weighted by Crippen LogP contribution is -2.35. The number of piperidine rings is 1. The molecule has 1 aliphatic heterocycles. The summed E-state index contributed by atoms with van der Waals surface area (Å²) in [6, 6.07) is 0. The predicted molar refractivity (Wildman–Crippen MR) is 81.9 cm³/mol. The maximum Gasteiger partial charge on any atom is -0.00160 e. The van der Waals surface area contributed by atoms with Gasteiger partial charge in [-0.1, -0.05) is 53.4 Å². The molecule has 1 aliphatic rings. The average molecular weight is 253 g/mol. The summed E-state index contributed by atoms with van der Waals surface area (Å²) in [5.74, 6) is 2.77. The molecule has 1 rings (SSSR count). The summed E-state index contributed by atoms with van der Waals surface area (Å²) in [4.78, 5) is 2.70. The fourth-order valence-electron chi connectivity index (χ4n) is 3.08. The van der Waals surface area contributed by atoms with Crippen molar-refractivity contribution in [3.05, 3.63) is 0 Å². The quantitative estimate of drug-likeness (QED) is 0.553. The molecule has 0 aromatic rings. The second kappa shape index (κ2) is 8.96. The zero-order valence-corrected chi connectivity index (χ0v) is 13.3. The summed E-state index contributed by atoms with van der Waals surface area (Å²) in [5, 5.41) is 0. The van der Waals surface area contributed by atoms with E-state index in [-0.39, 0.29) is 0 Å². The normalized spacial score (nSPS) is 19.0. The molecule has 0 unspecified atom stereocenters. The van der Waals surface area contributed by atoms with Gasteiger partial charge in [0.25, 0.3) is 0 Å². The van der Waals surface area contributed by atoms with Crippen molar-refractivity contribution in [2.75, 3.05) is 19.6 Å². The molecule has 0 radical (unpaired) electrons. The zero-order valence-electron chi connectivity index (χ0n) is 13.3. The molecule has 108 valence electrons. The number of rotatable bonds is 8. The number of nitrogens with zero attached hydrogens (tertiary/aromatic N) is 1. The molecule has 1 fully saturated rings. The summed E-state index contributed by atoms with van der Waals surface area (Å²) < 4.78 is 0. The Labute approximate surface area is 115 Å². The molecule has 1 heteroatoms. The predicted octanol–water partition coefficient (Wildman–Crippen LogP) is 4.96. The molecule has 1 saturated heterocycles. The van der Waals surface area contributed by atoms with Crippen molar-refractivity contribution in [3.63, 3.8) is 0 Å². The van der Waals surface area contributed by atoms with Crippen LogP contribution in [0.2, 0.25) is 0 Å². The van der Waals surface area contributed by atoms with Crippen LogP contribution in [-0.4, -0.2) is 24.5 Å². The van der Waals surface area contributed by atoms with Crippen LogP contribution in [0, 0.1) is 17.8 Å². The highest BCUT2D eigenvalue weighted by Gasteiger charge is 2.20. The maximum absolute atomic E-state index is 2.70. The lowest BCUT2D eigenvalue weighted by molar-refractivity contribution is 0.155. The maximum atomic E-state index is 2.70. The smallest absolute Gasteiger partial charge is 0.00160 e. The molecule has 1 nitrogen and oxygen atoms in total. The van der Waals surface area contributed by atoms with Crippen LogP contribution < -0.4 is 0 Å². The molecule has 0 aromatic carbocycles. The molecule has 0 atom stereocenters. The van der Waals surface area contributed by atoms with E-state index >= 15 is 0 Å². The van der Waals surface area contributed by atoms with Gasteiger partial charge in [0.05, 0.1) is 0 Å². The second-order valence-electron chi connectivity index (χ2n) is 7.02. The molecule has 1 heterocycles. The molecule has 0 aliphatic carbocycles. The van der Waals surface area contributed by atoms with E-state index in [1.807, 2.05) is 0 Å². The van der Waals surface area contributed by atoms with Crippen LogP contribution in [0.3, 0.4) is 0 Å². The fourth-order valence-corrected chi connectivity index (χ4v) is 3.08. The van der Waals surface area contributed by atoms with E-state index in [4.69, 9.17) is 0 Å². The van der Waals surface area contributed by atoms with E-state index in [9.17, 15) is 0 Å². The van der Waals surface area contributed by atoms with E-state index in [0.717, 1.165) is 17.8 Å². The van der Waals surface area contributed by atoms with Gasteiger partial charge >= 0.3 is 0 Å². The van der Waals surface area contributed by atoms with Gasteiger partial charge in [-0.15, -0.1) is 0 Å². The molecule has 0 N–H and O–H groups in total. The Bertz CT molecular complexity index is 190. The van der Waals surface area contributed by atoms with Crippen LogP contribution in [-0.2, 0) is 0 Å². The summed E-state index contributed by atoms with van der Waals surface area (Å²) in [5.41, 5.74) is 0. The minimum Gasteiger partial charge on any atom is -0.303 e. The Morgan fingerprint density at radius 3 is 2.06 bits per heavy atom. The second-order valence-corrected chi connectivity index (χ2v) is 7.02. The molecule has 18 heavy (non-hydrogen) atoms. The Kier molecular flexibility index (Phi) is 7.97. The van der Waals surface area contributed by atoms with Crippen molar-refractivity contribution in [2.24, 2.45) is 17.8 Å². The molecule has 0 spiro atoms. The van der Waals surface area contributed by atoms with E-state index in [1.54, 1.807) is 0 Å². The van der Waals surface area contributed by atoms with Crippen LogP contribution in [0.5, 0.6) is 0 Å². The Morgan fingerprint density at radius 1 is 0.889 bits per heavy atom. The summed E-state index contributed by atoms with van der Waals surface area (Å²) in [7, 11) is 0. The standard InChI is InChI=1S/C17H35N/c1-15(2)9-7-5-6-8-12-18-13-10-17(11-14-18)16(3)4/h15-17H,5-14H2,1-4H3. The highest BCUT2D eigenvalue weighted by atomic mass is 15.1. The third-order valence-corrected chi connectivity index (χ3v) is 4.58. The van der Waals surface area contributed by atoms with Crippen molar-refractivity contribution in [1.29, 1.82) is 0 Å². The SMILES string of the molecule is CC(C)CCCCCCN1CCC(C(C)C)CC1. The number of hydrogen-bond donors (Lipinski definition) is 0. The molecule has 0 bridgehead atoms. The van der Waals surface area contributed by atoms with Gasteiger partial charge in [0.2, 0.25) is 0 Å². The van der Waals surface area contributed by atoms with Crippen LogP contribution in [0.1, 0.15) is 72.6 Å². The van der Waals surface area contributed by atoms with Crippen LogP contribution in [0.4, 0.5) is 0 Å². The minimum atomic E-state index is 0.889. The first kappa shape index (κ1) is 16.0. The first-order chi connectivity index (χ1) is 8.59. The van der Waals surface area contributed by atoms with Crippen molar-refractivity contribution in [3.8, 4) is 0 Å². The fraction of sp³-hybridized carbons (Fsp3) is 1.00. The van der Waals surface area contributed by atoms with E-state index in [1.165, 1.54) is 64.6 Å². The van der Waals surface area contributed by atoms with Crippen molar-refractivity contribution < 1.29 is 0 Å². The number of unbranched alkanes of at least 4 members (excludes halogenated alkanes) is 3. The van der Waals surface area contributed by atoms with Gasteiger partial charge in [0, 0.05) is 0 Å². The lowest BCUT2D eigenvalue weighted by Gasteiger charge is -2.33. The largest absolute Gasteiger partial charge is 0.303 e. The summed E-state index contributed by atoms with van der Waals surface area (Å²) >= 11 is 0. The topological polar surface area (TPSA) is 3.24 Å². The first-order valence-electron chi connectivity index (χ1n) is 8.32. The highest BCUT2D eigenvalue weighted by Crippen LogP contribution is 2.24. The van der Waals surface area contributed by atoms with Gasteiger partial charge in [-0.05, 0) is 56.7 Å². The zero-order chi connectivity index (χ0) is 13.4. The van der Waals surface area contributed by atoms with E-state index in [2.05, 4.69) is 32.6 Å². The van der Waals surface area contributed by atoms with Gasteiger partial charge < -0.3 is 4.90 Å². The van der Waals surface area contributed by atoms with Crippen LogP contribution in [0.15, 0.2) is 0 Å². The number of hydrogen-bond acceptors (Lipinski definition) is 1. The van der Waals surface area contributed by atoms with Gasteiger partial charge in [-0.2, -0.15) is 0 Å². The molecular formula is C17H35N. The van der Waals surface area contributed by atoms with Gasteiger partial charge in [0.15, 0.2) is 0 Å². The third-order valence-electron chi connectivity index (χ3n) is 4.58. The molecule has 0 amide bonds. The van der Waals surface area contributed by atoms with Gasteiger partial charge in [-0.3, -0.25) is 0 Å². The van der Waals surface area contributed by atoms with Crippen molar-refractivity contribution in [1.82, 2.24) is 4.90 Å². The minimum absolute atomic E-state index is 0.889.